The predicted octanol–water partition coefficient (Wildman–Crippen LogP) is 3.46. The maximum Gasteiger partial charge on any atom is 0.347 e. The summed E-state index contributed by atoms with van der Waals surface area (Å²) < 4.78 is 40.8. The SMILES string of the molecule is Cc1csc(C(=O)O)c1S(=O)(=O)Nc1ccc(Br)cc1F. The van der Waals surface area contributed by atoms with Crippen LogP contribution in [0.25, 0.3) is 0 Å². The Morgan fingerprint density at radius 3 is 2.67 bits per heavy atom. The number of sulfonamides is 1. The molecule has 112 valence electrons. The minimum Gasteiger partial charge on any atom is -0.477 e. The largest absolute Gasteiger partial charge is 0.477 e. The zero-order valence-corrected chi connectivity index (χ0v) is 13.8. The Hall–Kier alpha value is -1.45. The van der Waals surface area contributed by atoms with Crippen molar-refractivity contribution in [2.45, 2.75) is 11.8 Å². The molecule has 0 radical (unpaired) electrons. The number of carboxylic acids is 1. The average Bonchev–Trinajstić information content (AvgIpc) is 2.76. The minimum absolute atomic E-state index is 0.250. The lowest BCUT2D eigenvalue weighted by atomic mass is 10.3. The van der Waals surface area contributed by atoms with E-state index >= 15 is 0 Å². The molecule has 1 aromatic carbocycles. The number of carboxylic acid groups (broad SMARTS) is 1. The summed E-state index contributed by atoms with van der Waals surface area (Å²) in [4.78, 5) is 10.4. The molecule has 2 N–H and O–H groups in total. The number of rotatable bonds is 4. The lowest BCUT2D eigenvalue weighted by molar-refractivity contribution is 0.0698. The fourth-order valence-corrected chi connectivity index (χ4v) is 4.72. The van der Waals surface area contributed by atoms with Gasteiger partial charge in [0.15, 0.2) is 0 Å². The third-order valence-corrected chi connectivity index (χ3v) is 5.82. The molecule has 0 saturated heterocycles. The van der Waals surface area contributed by atoms with E-state index < -0.39 is 21.8 Å². The van der Waals surface area contributed by atoms with Gasteiger partial charge in [0.25, 0.3) is 10.0 Å². The highest BCUT2D eigenvalue weighted by molar-refractivity contribution is 9.10. The molecule has 9 heteroatoms. The number of halogens is 2. The van der Waals surface area contributed by atoms with Gasteiger partial charge >= 0.3 is 5.97 Å². The van der Waals surface area contributed by atoms with Crippen molar-refractivity contribution in [1.82, 2.24) is 0 Å². The second-order valence-electron chi connectivity index (χ2n) is 4.11. The zero-order valence-electron chi connectivity index (χ0n) is 10.6. The number of anilines is 1. The smallest absolute Gasteiger partial charge is 0.347 e. The van der Waals surface area contributed by atoms with E-state index in [4.69, 9.17) is 5.11 Å². The molecule has 0 saturated carbocycles. The first-order valence-corrected chi connectivity index (χ1v) is 8.67. The minimum atomic E-state index is -4.19. The van der Waals surface area contributed by atoms with E-state index in [9.17, 15) is 17.6 Å². The molecule has 0 aliphatic rings. The molecule has 1 aromatic heterocycles. The third kappa shape index (κ3) is 3.25. The van der Waals surface area contributed by atoms with E-state index in [1.54, 1.807) is 0 Å². The molecular weight excluding hydrogens is 385 g/mol. The number of benzene rings is 1. The summed E-state index contributed by atoms with van der Waals surface area (Å²) >= 11 is 3.87. The summed E-state index contributed by atoms with van der Waals surface area (Å²) in [6.07, 6.45) is 0. The molecule has 5 nitrogen and oxygen atoms in total. The summed E-state index contributed by atoms with van der Waals surface area (Å²) in [7, 11) is -4.19. The molecule has 21 heavy (non-hydrogen) atoms. The van der Waals surface area contributed by atoms with Crippen LogP contribution in [0.5, 0.6) is 0 Å². The summed E-state index contributed by atoms with van der Waals surface area (Å²) in [5.41, 5.74) is 0.0440. The van der Waals surface area contributed by atoms with Gasteiger partial charge in [0.2, 0.25) is 0 Å². The molecule has 2 rings (SSSR count). The molecule has 1 heterocycles. The van der Waals surface area contributed by atoms with Crippen LogP contribution < -0.4 is 4.72 Å². The molecular formula is C12H9BrFNO4S2. The van der Waals surface area contributed by atoms with Crippen LogP contribution in [0.15, 0.2) is 32.9 Å². The van der Waals surface area contributed by atoms with Gasteiger partial charge in [-0.05, 0) is 36.1 Å². The number of hydrogen-bond acceptors (Lipinski definition) is 4. The number of aromatic carboxylic acids is 1. The van der Waals surface area contributed by atoms with Crippen LogP contribution in [0.4, 0.5) is 10.1 Å². The van der Waals surface area contributed by atoms with Crippen molar-refractivity contribution >= 4 is 48.9 Å². The van der Waals surface area contributed by atoms with Crippen LogP contribution in [0, 0.1) is 12.7 Å². The van der Waals surface area contributed by atoms with Gasteiger partial charge in [-0.15, -0.1) is 11.3 Å². The number of hydrogen-bond donors (Lipinski definition) is 2. The van der Waals surface area contributed by atoms with Gasteiger partial charge in [0, 0.05) is 4.47 Å². The highest BCUT2D eigenvalue weighted by Gasteiger charge is 2.27. The molecule has 0 aliphatic heterocycles. The fraction of sp³-hybridized carbons (Fsp3) is 0.0833. The molecule has 0 amide bonds. The van der Waals surface area contributed by atoms with Gasteiger partial charge in [0.1, 0.15) is 15.6 Å². The average molecular weight is 394 g/mol. The number of thiophene rings is 1. The Kier molecular flexibility index (Phi) is 4.35. The van der Waals surface area contributed by atoms with E-state index in [0.717, 1.165) is 17.4 Å². The van der Waals surface area contributed by atoms with Crippen LogP contribution in [-0.4, -0.2) is 19.5 Å². The van der Waals surface area contributed by atoms with Crippen LogP contribution in [0.1, 0.15) is 15.2 Å². The van der Waals surface area contributed by atoms with Crippen LogP contribution in [0.2, 0.25) is 0 Å². The lowest BCUT2D eigenvalue weighted by Crippen LogP contribution is -2.17. The van der Waals surface area contributed by atoms with Crippen molar-refractivity contribution in [3.63, 3.8) is 0 Å². The maximum atomic E-state index is 13.7. The summed E-state index contributed by atoms with van der Waals surface area (Å²) in [5.74, 6) is -2.11. The van der Waals surface area contributed by atoms with E-state index in [1.165, 1.54) is 24.4 Å². The quantitative estimate of drug-likeness (QED) is 0.832. The Bertz CT molecular complexity index is 817. The first kappa shape index (κ1) is 15.9. The maximum absolute atomic E-state index is 13.7. The Morgan fingerprint density at radius 1 is 1.43 bits per heavy atom. The first-order valence-electron chi connectivity index (χ1n) is 5.51. The summed E-state index contributed by atoms with van der Waals surface area (Å²) in [6, 6.07) is 3.83. The van der Waals surface area contributed by atoms with Crippen LogP contribution in [-0.2, 0) is 10.0 Å². The van der Waals surface area contributed by atoms with Crippen LogP contribution in [0.3, 0.4) is 0 Å². The van der Waals surface area contributed by atoms with Crippen molar-refractivity contribution in [3.8, 4) is 0 Å². The highest BCUT2D eigenvalue weighted by atomic mass is 79.9. The molecule has 0 unspecified atom stereocenters. The number of nitrogens with one attached hydrogen (secondary N) is 1. The lowest BCUT2D eigenvalue weighted by Gasteiger charge is -2.10. The van der Waals surface area contributed by atoms with Crippen molar-refractivity contribution in [3.05, 3.63) is 44.3 Å². The van der Waals surface area contributed by atoms with Gasteiger partial charge in [-0.1, -0.05) is 15.9 Å². The van der Waals surface area contributed by atoms with E-state index in [2.05, 4.69) is 20.7 Å². The molecule has 0 fully saturated rings. The van der Waals surface area contributed by atoms with E-state index in [1.807, 2.05) is 0 Å². The Labute approximate surface area is 132 Å². The van der Waals surface area contributed by atoms with Crippen molar-refractivity contribution in [1.29, 1.82) is 0 Å². The molecule has 0 atom stereocenters. The molecule has 0 bridgehead atoms. The van der Waals surface area contributed by atoms with Crippen molar-refractivity contribution < 1.29 is 22.7 Å². The van der Waals surface area contributed by atoms with Gasteiger partial charge in [-0.2, -0.15) is 0 Å². The highest BCUT2D eigenvalue weighted by Crippen LogP contribution is 2.29. The Balaban J connectivity index is 2.48. The predicted molar refractivity (Wildman–Crippen MR) is 80.9 cm³/mol. The monoisotopic (exact) mass is 393 g/mol. The van der Waals surface area contributed by atoms with E-state index in [0.29, 0.717) is 10.0 Å². The van der Waals surface area contributed by atoms with Gasteiger partial charge < -0.3 is 5.11 Å². The second kappa shape index (κ2) is 5.74. The normalized spacial score (nSPS) is 11.4. The third-order valence-electron chi connectivity index (χ3n) is 2.56. The number of carbonyl (C=O) groups is 1. The van der Waals surface area contributed by atoms with Gasteiger partial charge in [0.05, 0.1) is 5.69 Å². The summed E-state index contributed by atoms with van der Waals surface area (Å²) in [6.45, 7) is 1.48. The summed E-state index contributed by atoms with van der Waals surface area (Å²) in [5, 5.41) is 10.5. The zero-order chi connectivity index (χ0) is 15.8. The van der Waals surface area contributed by atoms with Crippen LogP contribution >= 0.6 is 27.3 Å². The number of aryl methyl sites for hydroxylation is 1. The molecule has 0 spiro atoms. The van der Waals surface area contributed by atoms with Gasteiger partial charge in [-0.25, -0.2) is 17.6 Å². The van der Waals surface area contributed by atoms with Gasteiger partial charge in [-0.3, -0.25) is 4.72 Å². The fourth-order valence-electron chi connectivity index (χ4n) is 1.68. The molecule has 0 aliphatic carbocycles. The standard InChI is InChI=1S/C12H9BrFNO4S2/c1-6-5-20-10(12(16)17)11(6)21(18,19)15-9-3-2-7(13)4-8(9)14/h2-5,15H,1H3,(H,16,17). The van der Waals surface area contributed by atoms with Crippen molar-refractivity contribution in [2.75, 3.05) is 4.72 Å². The molecule has 2 aromatic rings. The Morgan fingerprint density at radius 2 is 2.10 bits per heavy atom. The van der Waals surface area contributed by atoms with E-state index in [-0.39, 0.29) is 15.5 Å². The van der Waals surface area contributed by atoms with Crippen molar-refractivity contribution in [2.24, 2.45) is 0 Å². The topological polar surface area (TPSA) is 83.5 Å². The first-order chi connectivity index (χ1) is 9.72. The second-order valence-corrected chi connectivity index (χ2v) is 7.53.